The van der Waals surface area contributed by atoms with Crippen LogP contribution in [0.25, 0.3) is 10.2 Å². The van der Waals surface area contributed by atoms with E-state index in [-0.39, 0.29) is 17.4 Å². The fraction of sp³-hybridized carbons (Fsp3) is 0.263. The molecule has 3 aromatic rings. The number of nitrogens with zero attached hydrogens (tertiary/aromatic N) is 2. The molecule has 0 aliphatic rings. The van der Waals surface area contributed by atoms with Crippen molar-refractivity contribution < 1.29 is 17.9 Å². The van der Waals surface area contributed by atoms with Crippen molar-refractivity contribution in [2.75, 3.05) is 26.0 Å². The van der Waals surface area contributed by atoms with Crippen LogP contribution in [0.3, 0.4) is 0 Å². The molecule has 2 aromatic carbocycles. The number of thiazole rings is 1. The summed E-state index contributed by atoms with van der Waals surface area (Å²) in [6, 6.07) is 12.3. The third-order valence-corrected chi connectivity index (χ3v) is 6.84. The molecule has 9 heteroatoms. The molecule has 28 heavy (non-hydrogen) atoms. The van der Waals surface area contributed by atoms with Gasteiger partial charge in [0.2, 0.25) is 10.0 Å². The van der Waals surface area contributed by atoms with Crippen molar-refractivity contribution in [1.29, 1.82) is 0 Å². The number of rotatable bonds is 7. The van der Waals surface area contributed by atoms with Crippen LogP contribution in [0.4, 0.5) is 5.13 Å². The van der Waals surface area contributed by atoms with Gasteiger partial charge in [0, 0.05) is 14.1 Å². The molecule has 1 heterocycles. The Morgan fingerprint density at radius 1 is 1.21 bits per heavy atom. The molecule has 0 aliphatic carbocycles. The van der Waals surface area contributed by atoms with Crippen LogP contribution >= 0.6 is 11.3 Å². The van der Waals surface area contributed by atoms with Crippen LogP contribution in [-0.2, 0) is 21.2 Å². The van der Waals surface area contributed by atoms with Crippen molar-refractivity contribution in [2.24, 2.45) is 0 Å². The smallest absolute Gasteiger partial charge is 0.264 e. The van der Waals surface area contributed by atoms with Gasteiger partial charge in [0.15, 0.2) is 11.7 Å². The summed E-state index contributed by atoms with van der Waals surface area (Å²) in [5, 5.41) is 3.10. The van der Waals surface area contributed by atoms with Gasteiger partial charge in [-0.15, -0.1) is 0 Å². The van der Waals surface area contributed by atoms with Crippen LogP contribution in [-0.4, -0.2) is 44.3 Å². The van der Waals surface area contributed by atoms with E-state index in [1.807, 2.05) is 31.2 Å². The Kier molecular flexibility index (Phi) is 5.97. The van der Waals surface area contributed by atoms with Gasteiger partial charge < -0.3 is 4.74 Å². The molecule has 0 saturated carbocycles. The van der Waals surface area contributed by atoms with E-state index in [0.717, 1.165) is 16.3 Å². The molecule has 0 aliphatic heterocycles. The maximum atomic E-state index is 12.3. The first-order valence-electron chi connectivity index (χ1n) is 8.65. The lowest BCUT2D eigenvalue weighted by atomic mass is 10.1. The van der Waals surface area contributed by atoms with E-state index in [2.05, 4.69) is 10.3 Å². The zero-order valence-corrected chi connectivity index (χ0v) is 17.4. The first kappa shape index (κ1) is 20.2. The highest BCUT2D eigenvalue weighted by atomic mass is 32.2. The first-order valence-corrected chi connectivity index (χ1v) is 10.9. The molecular formula is C19H21N3O4S2. The maximum absolute atomic E-state index is 12.3. The molecule has 1 N–H and O–H groups in total. The summed E-state index contributed by atoms with van der Waals surface area (Å²) in [4.78, 5) is 16.7. The van der Waals surface area contributed by atoms with Crippen molar-refractivity contribution in [3.05, 3.63) is 48.0 Å². The summed E-state index contributed by atoms with van der Waals surface area (Å²) in [6.07, 6.45) is 0.813. The van der Waals surface area contributed by atoms with Crippen molar-refractivity contribution in [2.45, 2.75) is 18.2 Å². The average Bonchev–Trinajstić information content (AvgIpc) is 3.07. The lowest BCUT2D eigenvalue weighted by molar-refractivity contribution is -0.118. The van der Waals surface area contributed by atoms with Crippen molar-refractivity contribution >= 4 is 42.6 Å². The van der Waals surface area contributed by atoms with Crippen molar-refractivity contribution in [3.8, 4) is 5.75 Å². The Labute approximate surface area is 168 Å². The number of hydrogen-bond donors (Lipinski definition) is 1. The minimum absolute atomic E-state index is 0.132. The second-order valence-corrected chi connectivity index (χ2v) is 9.42. The van der Waals surface area contributed by atoms with E-state index in [4.69, 9.17) is 4.74 Å². The molecule has 0 fully saturated rings. The Bertz CT molecular complexity index is 1110. The number of benzene rings is 2. The molecular weight excluding hydrogens is 398 g/mol. The number of anilines is 1. The van der Waals surface area contributed by atoms with E-state index in [0.29, 0.717) is 21.1 Å². The molecule has 148 valence electrons. The summed E-state index contributed by atoms with van der Waals surface area (Å²) in [5.41, 5.74) is 1.65. The molecule has 0 bridgehead atoms. The van der Waals surface area contributed by atoms with E-state index in [9.17, 15) is 13.2 Å². The number of amides is 1. The van der Waals surface area contributed by atoms with Crippen LogP contribution in [0.15, 0.2) is 47.4 Å². The second-order valence-electron chi connectivity index (χ2n) is 6.23. The number of nitrogens with one attached hydrogen (secondary N) is 1. The maximum Gasteiger partial charge on any atom is 0.264 e. The average molecular weight is 420 g/mol. The van der Waals surface area contributed by atoms with Gasteiger partial charge >= 0.3 is 0 Å². The minimum atomic E-state index is -3.52. The summed E-state index contributed by atoms with van der Waals surface area (Å²) in [6.45, 7) is 1.89. The Morgan fingerprint density at radius 2 is 1.96 bits per heavy atom. The van der Waals surface area contributed by atoms with Gasteiger partial charge in [-0.25, -0.2) is 17.7 Å². The fourth-order valence-electron chi connectivity index (χ4n) is 2.57. The number of aryl methyl sites for hydroxylation is 1. The number of carbonyl (C=O) groups is 1. The molecule has 1 aromatic heterocycles. The number of ether oxygens (including phenoxy) is 1. The highest BCUT2D eigenvalue weighted by Crippen LogP contribution is 2.29. The highest BCUT2D eigenvalue weighted by molar-refractivity contribution is 7.89. The molecule has 0 saturated heterocycles. The third-order valence-electron chi connectivity index (χ3n) is 4.10. The van der Waals surface area contributed by atoms with Crippen molar-refractivity contribution in [1.82, 2.24) is 9.29 Å². The number of fused-ring (bicyclic) bond motifs is 1. The fourth-order valence-corrected chi connectivity index (χ4v) is 4.49. The molecule has 7 nitrogen and oxygen atoms in total. The van der Waals surface area contributed by atoms with Gasteiger partial charge in [0.05, 0.1) is 15.1 Å². The summed E-state index contributed by atoms with van der Waals surface area (Å²) in [7, 11) is -0.562. The summed E-state index contributed by atoms with van der Waals surface area (Å²) in [5.74, 6) is 0.356. The van der Waals surface area contributed by atoms with Crippen LogP contribution in [0.1, 0.15) is 12.5 Å². The SMILES string of the molecule is CCc1ccccc1OCC(=O)Nc1nc2ccc(S(=O)(=O)N(C)C)cc2s1. The molecule has 0 radical (unpaired) electrons. The lowest BCUT2D eigenvalue weighted by Gasteiger charge is -2.10. The first-order chi connectivity index (χ1) is 13.3. The number of para-hydroxylation sites is 1. The van der Waals surface area contributed by atoms with Gasteiger partial charge in [-0.05, 0) is 36.2 Å². The zero-order valence-electron chi connectivity index (χ0n) is 15.8. The van der Waals surface area contributed by atoms with Crippen LogP contribution < -0.4 is 10.1 Å². The van der Waals surface area contributed by atoms with Gasteiger partial charge in [0.1, 0.15) is 5.75 Å². The van der Waals surface area contributed by atoms with E-state index >= 15 is 0 Å². The molecule has 0 spiro atoms. The van der Waals surface area contributed by atoms with Crippen LogP contribution in [0.5, 0.6) is 5.75 Å². The second kappa shape index (κ2) is 8.26. The quantitative estimate of drug-likeness (QED) is 0.636. The predicted octanol–water partition coefficient (Wildman–Crippen LogP) is 3.13. The molecule has 3 rings (SSSR count). The third kappa shape index (κ3) is 4.32. The van der Waals surface area contributed by atoms with Gasteiger partial charge in [-0.3, -0.25) is 10.1 Å². The summed E-state index contributed by atoms with van der Waals surface area (Å²) < 4.78 is 32.0. The molecule has 0 unspecified atom stereocenters. The number of hydrogen-bond acceptors (Lipinski definition) is 6. The minimum Gasteiger partial charge on any atom is -0.483 e. The van der Waals surface area contributed by atoms with Crippen molar-refractivity contribution in [3.63, 3.8) is 0 Å². The highest BCUT2D eigenvalue weighted by Gasteiger charge is 2.18. The largest absolute Gasteiger partial charge is 0.483 e. The molecule has 1 amide bonds. The van der Waals surface area contributed by atoms with Gasteiger partial charge in [0.25, 0.3) is 5.91 Å². The van der Waals surface area contributed by atoms with E-state index in [1.54, 1.807) is 12.1 Å². The summed E-state index contributed by atoms with van der Waals surface area (Å²) >= 11 is 1.22. The Hall–Kier alpha value is -2.49. The molecule has 0 atom stereocenters. The predicted molar refractivity (Wildman–Crippen MR) is 110 cm³/mol. The normalized spacial score (nSPS) is 11.7. The monoisotopic (exact) mass is 419 g/mol. The number of carbonyl (C=O) groups excluding carboxylic acids is 1. The standard InChI is InChI=1S/C19H21N3O4S2/c1-4-13-7-5-6-8-16(13)26-12-18(23)21-19-20-15-10-9-14(11-17(15)27-19)28(24,25)22(2)3/h5-11H,4,12H2,1-3H3,(H,20,21,23). The zero-order chi connectivity index (χ0) is 20.3. The number of sulfonamides is 1. The van der Waals surface area contributed by atoms with Gasteiger partial charge in [-0.1, -0.05) is 36.5 Å². The van der Waals surface area contributed by atoms with Crippen LogP contribution in [0.2, 0.25) is 0 Å². The van der Waals surface area contributed by atoms with Gasteiger partial charge in [-0.2, -0.15) is 0 Å². The van der Waals surface area contributed by atoms with E-state index < -0.39 is 10.0 Å². The van der Waals surface area contributed by atoms with Crippen LogP contribution in [0, 0.1) is 0 Å². The Balaban J connectivity index is 1.71. The number of aromatic nitrogens is 1. The topological polar surface area (TPSA) is 88.6 Å². The Morgan fingerprint density at radius 3 is 2.68 bits per heavy atom. The lowest BCUT2D eigenvalue weighted by Crippen LogP contribution is -2.22. The van der Waals surface area contributed by atoms with E-state index in [1.165, 1.54) is 31.5 Å².